The Morgan fingerprint density at radius 1 is 1.25 bits per heavy atom. The molecule has 0 radical (unpaired) electrons. The van der Waals surface area contributed by atoms with Crippen molar-refractivity contribution in [2.24, 2.45) is 5.10 Å². The molecule has 28 heavy (non-hydrogen) atoms. The summed E-state index contributed by atoms with van der Waals surface area (Å²) in [6, 6.07) is 12.5. The summed E-state index contributed by atoms with van der Waals surface area (Å²) in [5.74, 6) is 0.350. The SMILES string of the molecule is Cc1ccc([C@H]2CC(c3cccs3)=NN2C(=O)CSC(=S)N2CCCC2)cc1. The summed E-state index contributed by atoms with van der Waals surface area (Å²) in [5, 5.41) is 8.46. The fourth-order valence-corrected chi connectivity index (χ4v) is 5.39. The molecule has 0 spiro atoms. The molecule has 1 atom stereocenters. The van der Waals surface area contributed by atoms with Gasteiger partial charge in [0.1, 0.15) is 4.32 Å². The Labute approximate surface area is 179 Å². The number of nitrogens with zero attached hydrogens (tertiary/aromatic N) is 3. The van der Waals surface area contributed by atoms with Crippen LogP contribution >= 0.6 is 35.3 Å². The molecule has 1 fully saturated rings. The number of hydrogen-bond donors (Lipinski definition) is 0. The summed E-state index contributed by atoms with van der Waals surface area (Å²) in [4.78, 5) is 16.4. The number of thiophene rings is 1. The zero-order chi connectivity index (χ0) is 19.5. The molecule has 0 saturated carbocycles. The van der Waals surface area contributed by atoms with Crippen molar-refractivity contribution in [1.29, 1.82) is 0 Å². The first-order valence-electron chi connectivity index (χ1n) is 9.53. The van der Waals surface area contributed by atoms with Gasteiger partial charge in [-0.05, 0) is 36.8 Å². The van der Waals surface area contributed by atoms with Crippen LogP contribution in [0.4, 0.5) is 0 Å². The lowest BCUT2D eigenvalue weighted by molar-refractivity contribution is -0.130. The lowest BCUT2D eigenvalue weighted by Gasteiger charge is -2.23. The fourth-order valence-electron chi connectivity index (χ4n) is 3.56. The average molecular weight is 430 g/mol. The third-order valence-electron chi connectivity index (χ3n) is 5.12. The quantitative estimate of drug-likeness (QED) is 0.651. The zero-order valence-corrected chi connectivity index (χ0v) is 18.3. The summed E-state index contributed by atoms with van der Waals surface area (Å²) in [6.45, 7) is 4.09. The molecule has 0 N–H and O–H groups in total. The van der Waals surface area contributed by atoms with Gasteiger partial charge >= 0.3 is 0 Å². The number of hydrazone groups is 1. The van der Waals surface area contributed by atoms with E-state index in [0.29, 0.717) is 5.75 Å². The molecule has 2 aromatic rings. The van der Waals surface area contributed by atoms with Gasteiger partial charge in [0, 0.05) is 19.5 Å². The first kappa shape index (κ1) is 19.6. The van der Waals surface area contributed by atoms with E-state index in [0.717, 1.165) is 40.0 Å². The molecule has 4 nitrogen and oxygen atoms in total. The van der Waals surface area contributed by atoms with Gasteiger partial charge in [-0.15, -0.1) is 11.3 Å². The molecule has 7 heteroatoms. The van der Waals surface area contributed by atoms with Crippen LogP contribution in [-0.4, -0.2) is 44.7 Å². The van der Waals surface area contributed by atoms with Crippen molar-refractivity contribution in [3.63, 3.8) is 0 Å². The Bertz CT molecular complexity index is 871. The van der Waals surface area contributed by atoms with Crippen molar-refractivity contribution in [2.45, 2.75) is 32.2 Å². The second kappa shape index (κ2) is 8.76. The van der Waals surface area contributed by atoms with Crippen LogP contribution in [0.15, 0.2) is 46.9 Å². The van der Waals surface area contributed by atoms with Crippen LogP contribution in [0.3, 0.4) is 0 Å². The number of likely N-dealkylation sites (tertiary alicyclic amines) is 1. The second-order valence-corrected chi connectivity index (χ2v) is 9.70. The molecule has 0 unspecified atom stereocenters. The number of amides is 1. The third-order valence-corrected chi connectivity index (χ3v) is 7.54. The molecule has 1 aromatic heterocycles. The van der Waals surface area contributed by atoms with Crippen LogP contribution in [0.1, 0.15) is 41.3 Å². The van der Waals surface area contributed by atoms with E-state index < -0.39 is 0 Å². The predicted molar refractivity (Wildman–Crippen MR) is 122 cm³/mol. The topological polar surface area (TPSA) is 35.9 Å². The van der Waals surface area contributed by atoms with Crippen LogP contribution in [0.25, 0.3) is 0 Å². The van der Waals surface area contributed by atoms with E-state index >= 15 is 0 Å². The maximum absolute atomic E-state index is 13.1. The van der Waals surface area contributed by atoms with E-state index in [9.17, 15) is 4.79 Å². The number of carbonyl (C=O) groups excluding carboxylic acids is 1. The zero-order valence-electron chi connectivity index (χ0n) is 15.8. The largest absolute Gasteiger partial charge is 0.358 e. The molecule has 2 aliphatic heterocycles. The Morgan fingerprint density at radius 2 is 2.00 bits per heavy atom. The minimum Gasteiger partial charge on any atom is -0.358 e. The van der Waals surface area contributed by atoms with Gasteiger partial charge in [0.05, 0.1) is 22.4 Å². The lowest BCUT2D eigenvalue weighted by Crippen LogP contribution is -2.30. The predicted octanol–water partition coefficient (Wildman–Crippen LogP) is 4.85. The first-order valence-corrected chi connectivity index (χ1v) is 11.8. The summed E-state index contributed by atoms with van der Waals surface area (Å²) in [5.41, 5.74) is 3.33. The Balaban J connectivity index is 1.50. The molecule has 0 aliphatic carbocycles. The summed E-state index contributed by atoms with van der Waals surface area (Å²) < 4.78 is 0.833. The highest BCUT2D eigenvalue weighted by molar-refractivity contribution is 8.23. The number of carbonyl (C=O) groups is 1. The van der Waals surface area contributed by atoms with Crippen molar-refractivity contribution in [2.75, 3.05) is 18.8 Å². The number of benzene rings is 1. The lowest BCUT2D eigenvalue weighted by atomic mass is 10.00. The Morgan fingerprint density at radius 3 is 2.68 bits per heavy atom. The van der Waals surface area contributed by atoms with E-state index in [-0.39, 0.29) is 11.9 Å². The molecular weight excluding hydrogens is 406 g/mol. The molecule has 3 heterocycles. The van der Waals surface area contributed by atoms with Crippen LogP contribution in [0, 0.1) is 6.92 Å². The first-order chi connectivity index (χ1) is 13.6. The van der Waals surface area contributed by atoms with E-state index in [1.807, 2.05) is 11.4 Å². The molecule has 1 aromatic carbocycles. The van der Waals surface area contributed by atoms with Gasteiger partial charge in [-0.3, -0.25) is 4.79 Å². The van der Waals surface area contributed by atoms with E-state index in [4.69, 9.17) is 17.3 Å². The molecule has 1 amide bonds. The summed E-state index contributed by atoms with van der Waals surface area (Å²) in [6.07, 6.45) is 3.12. The smallest absolute Gasteiger partial charge is 0.253 e. The maximum Gasteiger partial charge on any atom is 0.253 e. The fraction of sp³-hybridized carbons (Fsp3) is 0.381. The standard InChI is InChI=1S/C21H23N3OS3/c1-15-6-8-16(9-7-15)18-13-17(19-5-4-12-27-19)22-24(18)20(25)14-28-21(26)23-10-2-3-11-23/h4-9,12,18H,2-3,10-11,13-14H2,1H3/t18-/m1/s1. The number of thiocarbonyl (C=S) groups is 1. The van der Waals surface area contributed by atoms with Crippen LogP contribution in [-0.2, 0) is 4.79 Å². The minimum absolute atomic E-state index is 0.0173. The van der Waals surface area contributed by atoms with Crippen LogP contribution in [0.5, 0.6) is 0 Å². The van der Waals surface area contributed by atoms with Crippen LogP contribution in [0.2, 0.25) is 0 Å². The van der Waals surface area contributed by atoms with Gasteiger partial charge < -0.3 is 4.90 Å². The van der Waals surface area contributed by atoms with Crippen molar-refractivity contribution in [1.82, 2.24) is 9.91 Å². The van der Waals surface area contributed by atoms with Gasteiger partial charge in [0.15, 0.2) is 0 Å². The molecule has 2 aliphatic rings. The van der Waals surface area contributed by atoms with Gasteiger partial charge in [-0.2, -0.15) is 5.10 Å². The molecule has 0 bridgehead atoms. The number of hydrogen-bond acceptors (Lipinski definition) is 5. The van der Waals surface area contributed by atoms with Crippen LogP contribution < -0.4 is 0 Å². The highest BCUT2D eigenvalue weighted by Gasteiger charge is 2.33. The highest BCUT2D eigenvalue weighted by Crippen LogP contribution is 2.34. The molecular formula is C21H23N3OS3. The molecule has 4 rings (SSSR count). The third kappa shape index (κ3) is 4.31. The van der Waals surface area contributed by atoms with E-state index in [1.54, 1.807) is 16.3 Å². The van der Waals surface area contributed by atoms with Crippen molar-refractivity contribution >= 4 is 51.3 Å². The second-order valence-electron chi connectivity index (χ2n) is 7.14. The highest BCUT2D eigenvalue weighted by atomic mass is 32.2. The molecule has 146 valence electrons. The van der Waals surface area contributed by atoms with Crippen molar-refractivity contribution in [3.05, 3.63) is 57.8 Å². The van der Waals surface area contributed by atoms with Crippen molar-refractivity contribution < 1.29 is 4.79 Å². The van der Waals surface area contributed by atoms with Gasteiger partial charge in [0.2, 0.25) is 0 Å². The normalized spacial score (nSPS) is 19.2. The Hall–Kier alpha value is -1.70. The van der Waals surface area contributed by atoms with Gasteiger partial charge in [-0.25, -0.2) is 5.01 Å². The van der Waals surface area contributed by atoms with Gasteiger partial charge in [0.25, 0.3) is 5.91 Å². The van der Waals surface area contributed by atoms with Crippen molar-refractivity contribution in [3.8, 4) is 0 Å². The minimum atomic E-state index is -0.0499. The summed E-state index contributed by atoms with van der Waals surface area (Å²) in [7, 11) is 0. The van der Waals surface area contributed by atoms with Gasteiger partial charge in [-0.1, -0.05) is 59.9 Å². The number of aryl methyl sites for hydroxylation is 1. The molecule has 1 saturated heterocycles. The number of rotatable bonds is 4. The average Bonchev–Trinajstić information content (AvgIpc) is 3.47. The number of thioether (sulfide) groups is 1. The summed E-state index contributed by atoms with van der Waals surface area (Å²) >= 11 is 8.65. The van der Waals surface area contributed by atoms with E-state index in [2.05, 4.69) is 42.2 Å². The monoisotopic (exact) mass is 429 g/mol. The maximum atomic E-state index is 13.1. The van der Waals surface area contributed by atoms with E-state index in [1.165, 1.54) is 30.2 Å². The Kier molecular flexibility index (Phi) is 6.13.